The molecule has 0 bridgehead atoms. The number of nitrogens with two attached hydrogens (primary N) is 1. The van der Waals surface area contributed by atoms with Gasteiger partial charge in [-0.1, -0.05) is 0 Å². The Labute approximate surface area is 95.0 Å². The first kappa shape index (κ1) is 11.4. The Morgan fingerprint density at radius 3 is 3.06 bits per heavy atom. The molecule has 1 fully saturated rings. The van der Waals surface area contributed by atoms with E-state index in [0.717, 1.165) is 38.3 Å². The highest BCUT2D eigenvalue weighted by Crippen LogP contribution is 2.16. The quantitative estimate of drug-likeness (QED) is 0.776. The van der Waals surface area contributed by atoms with E-state index < -0.39 is 0 Å². The lowest BCUT2D eigenvalue weighted by Gasteiger charge is -2.19. The summed E-state index contributed by atoms with van der Waals surface area (Å²) in [4.78, 5) is 2.25. The highest BCUT2D eigenvalue weighted by molar-refractivity contribution is 5.46. The molecule has 1 aliphatic rings. The van der Waals surface area contributed by atoms with Crippen molar-refractivity contribution in [3.8, 4) is 0 Å². The number of benzene rings is 1. The minimum Gasteiger partial charge on any atom is -0.398 e. The molecule has 0 atom stereocenters. The molecule has 1 aliphatic heterocycles. The van der Waals surface area contributed by atoms with E-state index in [4.69, 9.17) is 10.5 Å². The summed E-state index contributed by atoms with van der Waals surface area (Å²) in [5.74, 6) is -0.227. The summed E-state index contributed by atoms with van der Waals surface area (Å²) in [6.07, 6.45) is 1.02. The molecule has 16 heavy (non-hydrogen) atoms. The minimum absolute atomic E-state index is 0.227. The average Bonchev–Trinajstić information content (AvgIpc) is 2.52. The zero-order valence-electron chi connectivity index (χ0n) is 9.29. The van der Waals surface area contributed by atoms with Gasteiger partial charge in [-0.05, 0) is 30.2 Å². The fraction of sp³-hybridized carbons (Fsp3) is 0.500. The Balaban J connectivity index is 2.04. The summed E-state index contributed by atoms with van der Waals surface area (Å²) >= 11 is 0. The van der Waals surface area contributed by atoms with E-state index in [1.807, 2.05) is 0 Å². The maximum Gasteiger partial charge on any atom is 0.123 e. The molecule has 0 radical (unpaired) electrons. The fourth-order valence-corrected chi connectivity index (χ4v) is 1.91. The number of hydrogen-bond acceptors (Lipinski definition) is 3. The van der Waals surface area contributed by atoms with Crippen LogP contribution in [0.1, 0.15) is 12.0 Å². The summed E-state index contributed by atoms with van der Waals surface area (Å²) < 4.78 is 18.5. The van der Waals surface area contributed by atoms with Gasteiger partial charge in [0.05, 0.1) is 6.61 Å². The molecule has 0 amide bonds. The van der Waals surface area contributed by atoms with Crippen LogP contribution in [0.15, 0.2) is 18.2 Å². The molecule has 2 rings (SSSR count). The fourth-order valence-electron chi connectivity index (χ4n) is 1.91. The summed E-state index contributed by atoms with van der Waals surface area (Å²) in [7, 11) is 0. The van der Waals surface area contributed by atoms with Crippen molar-refractivity contribution in [2.45, 2.75) is 13.0 Å². The normalized spacial score (nSPS) is 18.3. The van der Waals surface area contributed by atoms with Gasteiger partial charge in [0.15, 0.2) is 0 Å². The van der Waals surface area contributed by atoms with Crippen LogP contribution in [0.4, 0.5) is 10.1 Å². The topological polar surface area (TPSA) is 38.5 Å². The first-order valence-electron chi connectivity index (χ1n) is 5.60. The van der Waals surface area contributed by atoms with Gasteiger partial charge in [0.1, 0.15) is 5.82 Å². The maximum atomic E-state index is 13.1. The van der Waals surface area contributed by atoms with Crippen LogP contribution in [-0.2, 0) is 11.3 Å². The predicted molar refractivity (Wildman–Crippen MR) is 61.5 cm³/mol. The number of ether oxygens (including phenoxy) is 1. The average molecular weight is 224 g/mol. The Hall–Kier alpha value is -1.13. The van der Waals surface area contributed by atoms with Gasteiger partial charge < -0.3 is 10.5 Å². The van der Waals surface area contributed by atoms with Gasteiger partial charge in [0.25, 0.3) is 0 Å². The number of anilines is 1. The molecule has 0 saturated carbocycles. The van der Waals surface area contributed by atoms with Crippen molar-refractivity contribution in [3.63, 3.8) is 0 Å². The van der Waals surface area contributed by atoms with Crippen LogP contribution in [0.3, 0.4) is 0 Å². The van der Waals surface area contributed by atoms with Crippen molar-refractivity contribution in [2.24, 2.45) is 0 Å². The van der Waals surface area contributed by atoms with Crippen molar-refractivity contribution in [1.29, 1.82) is 0 Å². The third kappa shape index (κ3) is 2.93. The van der Waals surface area contributed by atoms with E-state index in [2.05, 4.69) is 4.90 Å². The number of nitrogens with zero attached hydrogens (tertiary/aromatic N) is 1. The lowest BCUT2D eigenvalue weighted by molar-refractivity contribution is 0.140. The van der Waals surface area contributed by atoms with Crippen LogP contribution < -0.4 is 5.73 Å². The third-order valence-corrected chi connectivity index (χ3v) is 2.81. The molecule has 0 unspecified atom stereocenters. The molecule has 4 heteroatoms. The Morgan fingerprint density at radius 1 is 1.31 bits per heavy atom. The summed E-state index contributed by atoms with van der Waals surface area (Å²) in [6, 6.07) is 4.53. The Bertz CT molecular complexity index is 349. The molecule has 1 saturated heterocycles. The lowest BCUT2D eigenvalue weighted by Crippen LogP contribution is -2.26. The van der Waals surface area contributed by atoms with E-state index in [9.17, 15) is 4.39 Å². The molecule has 1 heterocycles. The molecule has 0 aromatic heterocycles. The zero-order valence-corrected chi connectivity index (χ0v) is 9.29. The number of nitrogen functional groups attached to an aromatic ring is 1. The van der Waals surface area contributed by atoms with Crippen LogP contribution >= 0.6 is 0 Å². The molecule has 1 aromatic carbocycles. The smallest absolute Gasteiger partial charge is 0.123 e. The molecular weight excluding hydrogens is 207 g/mol. The van der Waals surface area contributed by atoms with Crippen LogP contribution in [0.25, 0.3) is 0 Å². The molecular formula is C12H17FN2O. The van der Waals surface area contributed by atoms with Gasteiger partial charge >= 0.3 is 0 Å². The third-order valence-electron chi connectivity index (χ3n) is 2.81. The Kier molecular flexibility index (Phi) is 3.74. The first-order valence-corrected chi connectivity index (χ1v) is 5.60. The van der Waals surface area contributed by atoms with Gasteiger partial charge in [0, 0.05) is 31.9 Å². The predicted octanol–water partition coefficient (Wildman–Crippen LogP) is 1.63. The van der Waals surface area contributed by atoms with Crippen molar-refractivity contribution < 1.29 is 9.13 Å². The van der Waals surface area contributed by atoms with Gasteiger partial charge in [-0.25, -0.2) is 4.39 Å². The molecule has 88 valence electrons. The van der Waals surface area contributed by atoms with Crippen molar-refractivity contribution in [3.05, 3.63) is 29.6 Å². The zero-order chi connectivity index (χ0) is 11.4. The molecule has 0 aliphatic carbocycles. The number of hydrogen-bond donors (Lipinski definition) is 1. The van der Waals surface area contributed by atoms with Gasteiger partial charge in [-0.3, -0.25) is 4.90 Å². The van der Waals surface area contributed by atoms with Crippen molar-refractivity contribution >= 4 is 5.69 Å². The number of halogens is 1. The minimum atomic E-state index is -0.227. The van der Waals surface area contributed by atoms with Crippen molar-refractivity contribution in [1.82, 2.24) is 4.90 Å². The first-order chi connectivity index (χ1) is 7.75. The van der Waals surface area contributed by atoms with Crippen molar-refractivity contribution in [2.75, 3.05) is 32.0 Å². The SMILES string of the molecule is Nc1ccc(F)cc1CN1CCCOCC1. The second-order valence-electron chi connectivity index (χ2n) is 4.09. The van der Waals surface area contributed by atoms with Crippen LogP contribution in [0.2, 0.25) is 0 Å². The second-order valence-corrected chi connectivity index (χ2v) is 4.09. The van der Waals surface area contributed by atoms with E-state index >= 15 is 0 Å². The monoisotopic (exact) mass is 224 g/mol. The second kappa shape index (κ2) is 5.27. The van der Waals surface area contributed by atoms with Crippen LogP contribution in [-0.4, -0.2) is 31.2 Å². The van der Waals surface area contributed by atoms with Crippen LogP contribution in [0, 0.1) is 5.82 Å². The standard InChI is InChI=1S/C12H17FN2O/c13-11-2-3-12(14)10(8-11)9-15-4-1-6-16-7-5-15/h2-3,8H,1,4-7,9,14H2. The summed E-state index contributed by atoms with van der Waals surface area (Å²) in [6.45, 7) is 4.13. The molecule has 2 N–H and O–H groups in total. The molecule has 1 aromatic rings. The molecule has 0 spiro atoms. The van der Waals surface area contributed by atoms with Crippen LogP contribution in [0.5, 0.6) is 0 Å². The van der Waals surface area contributed by atoms with Gasteiger partial charge in [-0.15, -0.1) is 0 Å². The van der Waals surface area contributed by atoms with Gasteiger partial charge in [0.2, 0.25) is 0 Å². The molecule has 3 nitrogen and oxygen atoms in total. The maximum absolute atomic E-state index is 13.1. The van der Waals surface area contributed by atoms with Gasteiger partial charge in [-0.2, -0.15) is 0 Å². The summed E-state index contributed by atoms with van der Waals surface area (Å²) in [5.41, 5.74) is 7.34. The Morgan fingerprint density at radius 2 is 2.19 bits per heavy atom. The van der Waals surface area contributed by atoms with E-state index in [1.165, 1.54) is 12.1 Å². The highest BCUT2D eigenvalue weighted by atomic mass is 19.1. The summed E-state index contributed by atoms with van der Waals surface area (Å²) in [5, 5.41) is 0. The largest absolute Gasteiger partial charge is 0.398 e. The van der Waals surface area contributed by atoms with E-state index in [1.54, 1.807) is 6.07 Å². The number of rotatable bonds is 2. The van der Waals surface area contributed by atoms with E-state index in [0.29, 0.717) is 12.2 Å². The van der Waals surface area contributed by atoms with E-state index in [-0.39, 0.29) is 5.82 Å². The lowest BCUT2D eigenvalue weighted by atomic mass is 10.1. The highest BCUT2D eigenvalue weighted by Gasteiger charge is 2.11.